The zero-order chi connectivity index (χ0) is 13.6. The summed E-state index contributed by atoms with van der Waals surface area (Å²) in [7, 11) is 0. The van der Waals surface area contributed by atoms with Crippen LogP contribution < -0.4 is 0 Å². The van der Waals surface area contributed by atoms with Crippen molar-refractivity contribution in [3.05, 3.63) is 0 Å². The van der Waals surface area contributed by atoms with E-state index in [0.717, 1.165) is 0 Å². The highest BCUT2D eigenvalue weighted by Crippen LogP contribution is 2.48. The molecule has 0 aliphatic heterocycles. The van der Waals surface area contributed by atoms with Crippen LogP contribution in [-0.2, 0) is 4.79 Å². The zero-order valence-electron chi connectivity index (χ0n) is 11.7. The van der Waals surface area contributed by atoms with Gasteiger partial charge >= 0.3 is 0 Å². The lowest BCUT2D eigenvalue weighted by molar-refractivity contribution is -0.127. The van der Waals surface area contributed by atoms with Gasteiger partial charge in [0, 0.05) is 0 Å². The fraction of sp³-hybridized carbons (Fsp3) is 0.923. The first-order valence-corrected chi connectivity index (χ1v) is 7.17. The molecule has 0 aromatic rings. The van der Waals surface area contributed by atoms with E-state index < -0.39 is 8.65 Å². The molecule has 0 aromatic heterocycles. The molecule has 2 unspecified atom stereocenters. The number of halogens is 2. The van der Waals surface area contributed by atoms with Crippen LogP contribution in [0, 0.1) is 10.8 Å². The van der Waals surface area contributed by atoms with E-state index in [2.05, 4.69) is 73.4 Å². The van der Waals surface area contributed by atoms with Gasteiger partial charge in [-0.1, -0.05) is 73.4 Å². The molecule has 0 aliphatic carbocycles. The largest absolute Gasteiger partial charge is 0.297 e. The second-order valence-corrected chi connectivity index (χ2v) is 10.0. The molecule has 0 rings (SSSR count). The summed E-state index contributed by atoms with van der Waals surface area (Å²) in [5, 5.41) is 0. The third-order valence-corrected chi connectivity index (χ3v) is 6.77. The molecule has 0 aliphatic rings. The molecule has 2 atom stereocenters. The van der Waals surface area contributed by atoms with E-state index in [1.165, 1.54) is 0 Å². The molecule has 0 saturated heterocycles. The maximum Gasteiger partial charge on any atom is 0.166 e. The Morgan fingerprint density at radius 3 is 1.00 bits per heavy atom. The van der Waals surface area contributed by atoms with Crippen molar-refractivity contribution in [1.29, 1.82) is 0 Å². The lowest BCUT2D eigenvalue weighted by atomic mass is 9.70. The van der Waals surface area contributed by atoms with Crippen LogP contribution in [0.3, 0.4) is 0 Å². The molecule has 0 fully saturated rings. The Labute approximate surface area is 117 Å². The topological polar surface area (TPSA) is 17.1 Å². The van der Waals surface area contributed by atoms with Gasteiger partial charge in [0.25, 0.3) is 0 Å². The summed E-state index contributed by atoms with van der Waals surface area (Å²) in [6.07, 6.45) is 0. The third kappa shape index (κ3) is 2.90. The van der Waals surface area contributed by atoms with Crippen LogP contribution >= 0.6 is 31.9 Å². The van der Waals surface area contributed by atoms with Crippen LogP contribution in [0.2, 0.25) is 0 Å². The van der Waals surface area contributed by atoms with Gasteiger partial charge in [-0.2, -0.15) is 0 Å². The fourth-order valence-electron chi connectivity index (χ4n) is 1.12. The van der Waals surface area contributed by atoms with Crippen LogP contribution in [-0.4, -0.2) is 14.4 Å². The molecule has 0 spiro atoms. The average Bonchev–Trinajstić information content (AvgIpc) is 1.98. The SMILES string of the molecule is CC(C)(C)C(C)(Br)C(=O)C(C)(Br)C(C)(C)C. The summed E-state index contributed by atoms with van der Waals surface area (Å²) >= 11 is 7.23. The average molecular weight is 356 g/mol. The van der Waals surface area contributed by atoms with Gasteiger partial charge in [0.05, 0.1) is 8.65 Å². The van der Waals surface area contributed by atoms with E-state index in [4.69, 9.17) is 0 Å². The van der Waals surface area contributed by atoms with E-state index in [1.807, 2.05) is 13.8 Å². The van der Waals surface area contributed by atoms with Crippen molar-refractivity contribution in [3.63, 3.8) is 0 Å². The molecule has 0 saturated carbocycles. The number of hydrogen-bond acceptors (Lipinski definition) is 1. The van der Waals surface area contributed by atoms with E-state index >= 15 is 0 Å². The van der Waals surface area contributed by atoms with Crippen LogP contribution in [0.5, 0.6) is 0 Å². The number of rotatable bonds is 2. The molecule has 16 heavy (non-hydrogen) atoms. The number of hydrogen-bond donors (Lipinski definition) is 0. The van der Waals surface area contributed by atoms with Crippen LogP contribution in [0.1, 0.15) is 55.4 Å². The van der Waals surface area contributed by atoms with Crippen LogP contribution in [0.15, 0.2) is 0 Å². The van der Waals surface area contributed by atoms with Crippen molar-refractivity contribution in [1.82, 2.24) is 0 Å². The molecule has 0 radical (unpaired) electrons. The van der Waals surface area contributed by atoms with Gasteiger partial charge in [-0.05, 0) is 24.7 Å². The maximum absolute atomic E-state index is 12.7. The van der Waals surface area contributed by atoms with Crippen molar-refractivity contribution in [2.75, 3.05) is 0 Å². The summed E-state index contributed by atoms with van der Waals surface area (Å²) in [6, 6.07) is 0. The van der Waals surface area contributed by atoms with Gasteiger partial charge in [0.2, 0.25) is 0 Å². The van der Waals surface area contributed by atoms with E-state index in [9.17, 15) is 4.79 Å². The molecule has 96 valence electrons. The molecule has 0 bridgehead atoms. The van der Waals surface area contributed by atoms with Gasteiger partial charge in [-0.25, -0.2) is 0 Å². The Hall–Kier alpha value is 0.630. The summed E-state index contributed by atoms with van der Waals surface area (Å²) in [5.74, 6) is 0.194. The first-order chi connectivity index (χ1) is 6.65. The quantitative estimate of drug-likeness (QED) is 0.640. The highest BCUT2D eigenvalue weighted by Gasteiger charge is 2.52. The summed E-state index contributed by atoms with van der Waals surface area (Å²) in [4.78, 5) is 12.7. The molecular formula is C13H24Br2O. The molecule has 0 N–H and O–H groups in total. The molecule has 0 aromatic carbocycles. The second-order valence-electron chi connectivity index (χ2n) is 6.84. The fourth-order valence-corrected chi connectivity index (χ4v) is 2.18. The Morgan fingerprint density at radius 2 is 0.875 bits per heavy atom. The van der Waals surface area contributed by atoms with Gasteiger partial charge in [-0.15, -0.1) is 0 Å². The van der Waals surface area contributed by atoms with Gasteiger partial charge in [0.15, 0.2) is 5.78 Å². The van der Waals surface area contributed by atoms with E-state index in [-0.39, 0.29) is 16.6 Å². The summed E-state index contributed by atoms with van der Waals surface area (Å²) in [5.41, 5.74) is -0.241. The summed E-state index contributed by atoms with van der Waals surface area (Å²) < 4.78 is -1.07. The minimum Gasteiger partial charge on any atom is -0.297 e. The van der Waals surface area contributed by atoms with Crippen LogP contribution in [0.25, 0.3) is 0 Å². The van der Waals surface area contributed by atoms with Crippen molar-refractivity contribution < 1.29 is 4.79 Å². The number of Topliss-reactive ketones (excluding diaryl/α,β-unsaturated/α-hetero) is 1. The third-order valence-electron chi connectivity index (χ3n) is 3.67. The number of alkyl halides is 2. The number of carbonyl (C=O) groups excluding carboxylic acids is 1. The standard InChI is InChI=1S/C13H24Br2O/c1-10(2,3)12(7,14)9(16)13(8,15)11(4,5)6/h1-8H3. The maximum atomic E-state index is 12.7. The summed E-state index contributed by atoms with van der Waals surface area (Å²) in [6.45, 7) is 16.4. The molecule has 3 heteroatoms. The van der Waals surface area contributed by atoms with Crippen molar-refractivity contribution in [2.45, 2.75) is 64.0 Å². The molecule has 1 nitrogen and oxygen atoms in total. The number of ketones is 1. The predicted molar refractivity (Wildman–Crippen MR) is 78.6 cm³/mol. The minimum atomic E-state index is -0.536. The van der Waals surface area contributed by atoms with E-state index in [0.29, 0.717) is 0 Å². The van der Waals surface area contributed by atoms with Gasteiger partial charge < -0.3 is 0 Å². The Morgan fingerprint density at radius 1 is 0.688 bits per heavy atom. The van der Waals surface area contributed by atoms with Crippen molar-refractivity contribution in [3.8, 4) is 0 Å². The molecule has 0 amide bonds. The highest BCUT2D eigenvalue weighted by atomic mass is 79.9. The van der Waals surface area contributed by atoms with E-state index in [1.54, 1.807) is 0 Å². The second kappa shape index (κ2) is 4.38. The van der Waals surface area contributed by atoms with Crippen LogP contribution in [0.4, 0.5) is 0 Å². The predicted octanol–water partition coefficient (Wildman–Crippen LogP) is 4.95. The normalized spacial score (nSPS) is 21.1. The Bertz CT molecular complexity index is 249. The smallest absolute Gasteiger partial charge is 0.166 e. The lowest BCUT2D eigenvalue weighted by Crippen LogP contribution is -2.54. The molecular weight excluding hydrogens is 332 g/mol. The first-order valence-electron chi connectivity index (χ1n) is 5.58. The minimum absolute atomic E-state index is 0.121. The van der Waals surface area contributed by atoms with Gasteiger partial charge in [0.1, 0.15) is 0 Å². The monoisotopic (exact) mass is 354 g/mol. The van der Waals surface area contributed by atoms with Crippen molar-refractivity contribution in [2.24, 2.45) is 10.8 Å². The Kier molecular flexibility index (Phi) is 4.55. The number of carbonyl (C=O) groups is 1. The lowest BCUT2D eigenvalue weighted by Gasteiger charge is -2.44. The van der Waals surface area contributed by atoms with Crippen molar-refractivity contribution >= 4 is 37.6 Å². The Balaban J connectivity index is 5.40. The molecule has 0 heterocycles. The van der Waals surface area contributed by atoms with Gasteiger partial charge in [-0.3, -0.25) is 4.79 Å². The zero-order valence-corrected chi connectivity index (χ0v) is 14.8. The highest BCUT2D eigenvalue weighted by molar-refractivity contribution is 9.11. The first kappa shape index (κ1) is 16.6.